The van der Waals surface area contributed by atoms with Crippen molar-refractivity contribution in [2.45, 2.75) is 58.0 Å². The Morgan fingerprint density at radius 1 is 1.33 bits per heavy atom. The maximum absolute atomic E-state index is 12.2. The first-order valence-electron chi connectivity index (χ1n) is 7.89. The second-order valence-corrected chi connectivity index (χ2v) is 7.12. The summed E-state index contributed by atoms with van der Waals surface area (Å²) in [6.07, 6.45) is -1.07. The first-order valence-corrected chi connectivity index (χ1v) is 7.89. The molecule has 3 nitrogen and oxygen atoms in total. The zero-order chi connectivity index (χ0) is 15.7. The van der Waals surface area contributed by atoms with Crippen LogP contribution < -0.4 is 5.32 Å². The Labute approximate surface area is 125 Å². The summed E-state index contributed by atoms with van der Waals surface area (Å²) in [5, 5.41) is 3.64. The molecule has 2 atom stereocenters. The van der Waals surface area contributed by atoms with Gasteiger partial charge in [-0.15, -0.1) is 13.2 Å². The van der Waals surface area contributed by atoms with Gasteiger partial charge in [0.1, 0.15) is 0 Å². The lowest BCUT2D eigenvalue weighted by Gasteiger charge is -2.47. The zero-order valence-electron chi connectivity index (χ0n) is 13.2. The van der Waals surface area contributed by atoms with Gasteiger partial charge >= 0.3 is 6.36 Å². The van der Waals surface area contributed by atoms with Crippen LogP contribution in [0.15, 0.2) is 0 Å². The molecular formula is C15H27F3N2O. The summed E-state index contributed by atoms with van der Waals surface area (Å²) in [5.41, 5.74) is 0.0473. The summed E-state index contributed by atoms with van der Waals surface area (Å²) in [4.78, 5) is 2.20. The molecule has 0 spiro atoms. The summed E-state index contributed by atoms with van der Waals surface area (Å²) in [6.45, 7) is 8.25. The summed E-state index contributed by atoms with van der Waals surface area (Å²) in [6, 6.07) is 0.300. The summed E-state index contributed by atoms with van der Waals surface area (Å²) in [5.74, 6) is 1.21. The molecule has 1 saturated carbocycles. The average molecular weight is 308 g/mol. The number of piperazine rings is 1. The summed E-state index contributed by atoms with van der Waals surface area (Å²) in [7, 11) is 0. The molecule has 0 aromatic rings. The van der Waals surface area contributed by atoms with Gasteiger partial charge in [-0.05, 0) is 38.0 Å². The third-order valence-corrected chi connectivity index (χ3v) is 4.66. The Kier molecular flexibility index (Phi) is 5.21. The fourth-order valence-corrected chi connectivity index (χ4v) is 3.40. The van der Waals surface area contributed by atoms with E-state index in [2.05, 4.69) is 35.7 Å². The van der Waals surface area contributed by atoms with Gasteiger partial charge in [-0.3, -0.25) is 9.64 Å². The van der Waals surface area contributed by atoms with E-state index in [1.165, 1.54) is 12.8 Å². The molecule has 0 aromatic heterocycles. The predicted octanol–water partition coefficient (Wildman–Crippen LogP) is 3.01. The quantitative estimate of drug-likeness (QED) is 0.816. The molecule has 1 N–H and O–H groups in total. The molecule has 124 valence electrons. The largest absolute Gasteiger partial charge is 0.522 e. The average Bonchev–Trinajstić information content (AvgIpc) is 3.15. The van der Waals surface area contributed by atoms with E-state index in [9.17, 15) is 13.2 Å². The van der Waals surface area contributed by atoms with E-state index in [0.717, 1.165) is 19.5 Å². The molecule has 1 aliphatic carbocycles. The van der Waals surface area contributed by atoms with Gasteiger partial charge in [0.05, 0.1) is 6.61 Å². The molecule has 2 aliphatic rings. The minimum Gasteiger partial charge on any atom is -0.308 e. The van der Waals surface area contributed by atoms with Crippen molar-refractivity contribution in [2.24, 2.45) is 11.8 Å². The van der Waals surface area contributed by atoms with Crippen LogP contribution in [0.2, 0.25) is 0 Å². The third kappa shape index (κ3) is 5.11. The van der Waals surface area contributed by atoms with Gasteiger partial charge in [-0.25, -0.2) is 0 Å². The highest BCUT2D eigenvalue weighted by Gasteiger charge is 2.46. The molecule has 2 rings (SSSR count). The number of hydrogen-bond acceptors (Lipinski definition) is 3. The normalized spacial score (nSPS) is 31.9. The second kappa shape index (κ2) is 6.42. The summed E-state index contributed by atoms with van der Waals surface area (Å²) >= 11 is 0. The van der Waals surface area contributed by atoms with Crippen LogP contribution in [0.3, 0.4) is 0 Å². The van der Waals surface area contributed by atoms with Crippen molar-refractivity contribution in [3.63, 3.8) is 0 Å². The van der Waals surface area contributed by atoms with Crippen molar-refractivity contribution in [1.29, 1.82) is 0 Å². The van der Waals surface area contributed by atoms with Crippen LogP contribution in [-0.4, -0.2) is 49.1 Å². The van der Waals surface area contributed by atoms with E-state index in [0.29, 0.717) is 24.4 Å². The third-order valence-electron chi connectivity index (χ3n) is 4.66. The number of nitrogens with one attached hydrogen (secondary N) is 1. The molecule has 1 heterocycles. The molecule has 0 bridgehead atoms. The first kappa shape index (κ1) is 17.0. The molecular weight excluding hydrogens is 281 g/mol. The second-order valence-electron chi connectivity index (χ2n) is 7.12. The minimum atomic E-state index is -4.53. The van der Waals surface area contributed by atoms with Gasteiger partial charge in [0.2, 0.25) is 0 Å². The lowest BCUT2D eigenvalue weighted by Crippen LogP contribution is -2.64. The number of halogens is 3. The molecule has 1 aliphatic heterocycles. The van der Waals surface area contributed by atoms with E-state index >= 15 is 0 Å². The van der Waals surface area contributed by atoms with E-state index in [1.807, 2.05) is 0 Å². The standard InChI is InChI=1S/C15H27F3N2O/c1-11(2)8-13-9-19-14(3,12-4-5-12)10-20(13)6-7-21-15(16,17)18/h11-13,19H,4-10H2,1-3H3. The maximum Gasteiger partial charge on any atom is 0.522 e. The SMILES string of the molecule is CC(C)CC1CNC(C)(C2CC2)CN1CCOC(F)(F)F. The Hall–Kier alpha value is -0.330. The van der Waals surface area contributed by atoms with Gasteiger partial charge in [0.25, 0.3) is 0 Å². The zero-order valence-corrected chi connectivity index (χ0v) is 13.2. The number of rotatable bonds is 6. The molecule has 21 heavy (non-hydrogen) atoms. The minimum absolute atomic E-state index is 0.0473. The van der Waals surface area contributed by atoms with E-state index in [1.54, 1.807) is 0 Å². The van der Waals surface area contributed by atoms with Crippen LogP contribution in [-0.2, 0) is 4.74 Å². The molecule has 1 saturated heterocycles. The van der Waals surface area contributed by atoms with Crippen molar-refractivity contribution in [1.82, 2.24) is 10.2 Å². The van der Waals surface area contributed by atoms with Crippen LogP contribution in [0.5, 0.6) is 0 Å². The van der Waals surface area contributed by atoms with Gasteiger partial charge in [-0.1, -0.05) is 13.8 Å². The Bertz CT molecular complexity index is 344. The van der Waals surface area contributed by atoms with Crippen molar-refractivity contribution >= 4 is 0 Å². The van der Waals surface area contributed by atoms with Crippen LogP contribution in [0.4, 0.5) is 13.2 Å². The molecule has 0 aromatic carbocycles. The molecule has 0 amide bonds. The fourth-order valence-electron chi connectivity index (χ4n) is 3.40. The van der Waals surface area contributed by atoms with Gasteiger partial charge in [0.15, 0.2) is 0 Å². The number of nitrogens with zero attached hydrogens (tertiary/aromatic N) is 1. The monoisotopic (exact) mass is 308 g/mol. The molecule has 6 heteroatoms. The van der Waals surface area contributed by atoms with Gasteiger partial charge < -0.3 is 5.32 Å². The summed E-state index contributed by atoms with van der Waals surface area (Å²) < 4.78 is 40.4. The van der Waals surface area contributed by atoms with E-state index in [-0.39, 0.29) is 12.1 Å². The Balaban J connectivity index is 1.92. The van der Waals surface area contributed by atoms with Crippen molar-refractivity contribution in [3.05, 3.63) is 0 Å². The van der Waals surface area contributed by atoms with Crippen LogP contribution in [0, 0.1) is 11.8 Å². The Morgan fingerprint density at radius 2 is 2.00 bits per heavy atom. The van der Waals surface area contributed by atoms with Crippen LogP contribution in [0.1, 0.15) is 40.0 Å². The molecule has 2 unspecified atom stereocenters. The predicted molar refractivity (Wildman–Crippen MR) is 76.0 cm³/mol. The number of hydrogen-bond donors (Lipinski definition) is 1. The topological polar surface area (TPSA) is 24.5 Å². The number of alkyl halides is 3. The fraction of sp³-hybridized carbons (Fsp3) is 1.00. The first-order chi connectivity index (χ1) is 9.70. The van der Waals surface area contributed by atoms with Gasteiger partial charge in [0, 0.05) is 31.2 Å². The number of ether oxygens (including phenoxy) is 1. The van der Waals surface area contributed by atoms with Gasteiger partial charge in [-0.2, -0.15) is 0 Å². The highest BCUT2D eigenvalue weighted by Crippen LogP contribution is 2.41. The van der Waals surface area contributed by atoms with E-state index < -0.39 is 6.36 Å². The molecule has 2 fully saturated rings. The smallest absolute Gasteiger partial charge is 0.308 e. The van der Waals surface area contributed by atoms with Crippen molar-refractivity contribution in [2.75, 3.05) is 26.2 Å². The molecule has 0 radical (unpaired) electrons. The Morgan fingerprint density at radius 3 is 2.52 bits per heavy atom. The lowest BCUT2D eigenvalue weighted by molar-refractivity contribution is -0.325. The van der Waals surface area contributed by atoms with Crippen molar-refractivity contribution in [3.8, 4) is 0 Å². The maximum atomic E-state index is 12.2. The van der Waals surface area contributed by atoms with Crippen molar-refractivity contribution < 1.29 is 17.9 Å². The highest BCUT2D eigenvalue weighted by molar-refractivity contribution is 5.04. The van der Waals surface area contributed by atoms with E-state index in [4.69, 9.17) is 0 Å². The lowest BCUT2D eigenvalue weighted by atomic mass is 9.89. The van der Waals surface area contributed by atoms with Crippen LogP contribution in [0.25, 0.3) is 0 Å². The highest BCUT2D eigenvalue weighted by atomic mass is 19.4. The van der Waals surface area contributed by atoms with Crippen LogP contribution >= 0.6 is 0 Å².